The van der Waals surface area contributed by atoms with Crippen LogP contribution in [0.3, 0.4) is 0 Å². The van der Waals surface area contributed by atoms with Crippen molar-refractivity contribution in [1.82, 2.24) is 4.90 Å². The molecule has 0 aliphatic carbocycles. The first-order valence-corrected chi connectivity index (χ1v) is 4.56. The van der Waals surface area contributed by atoms with Gasteiger partial charge in [0.05, 0.1) is 0 Å². The van der Waals surface area contributed by atoms with Crippen molar-refractivity contribution in [2.24, 2.45) is 0 Å². The molecule has 0 saturated carbocycles. The number of thiol groups is 1. The maximum absolute atomic E-state index is 11.1. The number of carbonyl (C=O) groups excluding carboxylic acids is 2. The van der Waals surface area contributed by atoms with Gasteiger partial charge in [0.25, 0.3) is 0 Å². The van der Waals surface area contributed by atoms with Gasteiger partial charge in [-0.25, -0.2) is 4.79 Å². The number of carboxylic acids is 1. The normalized spacial score (nSPS) is 14.3. The van der Waals surface area contributed by atoms with Crippen LogP contribution < -0.4 is 0 Å². The van der Waals surface area contributed by atoms with Crippen molar-refractivity contribution in [3.8, 4) is 0 Å². The molecule has 0 saturated heterocycles. The van der Waals surface area contributed by atoms with E-state index in [-0.39, 0.29) is 5.75 Å². The summed E-state index contributed by atoms with van der Waals surface area (Å²) in [4.78, 5) is 33.8. The van der Waals surface area contributed by atoms with Crippen LogP contribution in [0.2, 0.25) is 0 Å². The highest BCUT2D eigenvalue weighted by atomic mass is 32.1. The Balaban J connectivity index is 5.25. The van der Waals surface area contributed by atoms with E-state index in [0.29, 0.717) is 4.90 Å². The Morgan fingerprint density at radius 1 is 1.29 bits per heavy atom. The number of imide groups is 1. The number of carbonyl (C=O) groups is 3. The molecule has 80 valence electrons. The lowest BCUT2D eigenvalue weighted by atomic mass is 10.0. The van der Waals surface area contributed by atoms with E-state index < -0.39 is 23.3 Å². The van der Waals surface area contributed by atoms with E-state index >= 15 is 0 Å². The molecule has 0 aromatic carbocycles. The minimum absolute atomic E-state index is 0.124. The van der Waals surface area contributed by atoms with Crippen molar-refractivity contribution in [2.75, 3.05) is 5.75 Å². The third-order valence-corrected chi connectivity index (χ3v) is 2.51. The highest BCUT2D eigenvalue weighted by Crippen LogP contribution is 2.18. The number of hydrogen-bond acceptors (Lipinski definition) is 4. The molecule has 2 amide bonds. The first kappa shape index (κ1) is 13.0. The van der Waals surface area contributed by atoms with Crippen LogP contribution >= 0.6 is 12.6 Å². The third kappa shape index (κ3) is 2.25. The molecule has 0 bridgehead atoms. The molecule has 0 aromatic heterocycles. The number of carboxylic acid groups (broad SMARTS) is 1. The van der Waals surface area contributed by atoms with Gasteiger partial charge in [-0.05, 0) is 6.92 Å². The van der Waals surface area contributed by atoms with Crippen LogP contribution in [-0.4, -0.2) is 39.1 Å². The maximum Gasteiger partial charge on any atom is 0.330 e. The van der Waals surface area contributed by atoms with Gasteiger partial charge in [0.15, 0.2) is 5.54 Å². The van der Waals surface area contributed by atoms with Gasteiger partial charge in [-0.1, -0.05) is 0 Å². The van der Waals surface area contributed by atoms with Crippen molar-refractivity contribution in [1.29, 1.82) is 0 Å². The Morgan fingerprint density at radius 2 is 1.64 bits per heavy atom. The van der Waals surface area contributed by atoms with E-state index in [1.807, 2.05) is 0 Å². The fraction of sp³-hybridized carbons (Fsp3) is 0.625. The van der Waals surface area contributed by atoms with Gasteiger partial charge in [0, 0.05) is 19.6 Å². The molecule has 0 rings (SSSR count). The van der Waals surface area contributed by atoms with Gasteiger partial charge >= 0.3 is 5.97 Å². The van der Waals surface area contributed by atoms with Gasteiger partial charge < -0.3 is 5.11 Å². The average molecular weight is 219 g/mol. The van der Waals surface area contributed by atoms with Crippen LogP contribution in [0, 0.1) is 0 Å². The summed E-state index contributed by atoms with van der Waals surface area (Å²) in [5.74, 6) is -2.58. The summed E-state index contributed by atoms with van der Waals surface area (Å²) in [6, 6.07) is 0. The fourth-order valence-corrected chi connectivity index (χ4v) is 1.43. The quantitative estimate of drug-likeness (QED) is 0.663. The fourth-order valence-electron chi connectivity index (χ4n) is 1.15. The Labute approximate surface area is 87.5 Å². The summed E-state index contributed by atoms with van der Waals surface area (Å²) >= 11 is 3.84. The standard InChI is InChI=1S/C8H13NO4S/c1-5(10)9(6(2)11)8(3,4-14)7(12)13/h14H,4H2,1-3H3,(H,12,13)/t8-/m0/s1. The lowest BCUT2D eigenvalue weighted by Gasteiger charge is -2.33. The largest absolute Gasteiger partial charge is 0.479 e. The van der Waals surface area contributed by atoms with Crippen molar-refractivity contribution in [3.63, 3.8) is 0 Å². The molecule has 0 aliphatic rings. The smallest absolute Gasteiger partial charge is 0.330 e. The van der Waals surface area contributed by atoms with Gasteiger partial charge in [-0.3, -0.25) is 14.5 Å². The molecule has 6 heteroatoms. The van der Waals surface area contributed by atoms with Gasteiger partial charge in [-0.15, -0.1) is 0 Å². The average Bonchev–Trinajstić information content (AvgIpc) is 2.02. The van der Waals surface area contributed by atoms with E-state index in [0.717, 1.165) is 13.8 Å². The predicted octanol–water partition coefficient (Wildman–Crippen LogP) is 0.155. The second kappa shape index (κ2) is 4.45. The number of nitrogens with zero attached hydrogens (tertiary/aromatic N) is 1. The summed E-state index contributed by atoms with van der Waals surface area (Å²) in [6.45, 7) is 3.57. The van der Waals surface area contributed by atoms with Crippen LogP contribution in [-0.2, 0) is 14.4 Å². The number of amides is 2. The lowest BCUT2D eigenvalue weighted by molar-refractivity contribution is -0.162. The lowest BCUT2D eigenvalue weighted by Crippen LogP contribution is -2.57. The molecule has 14 heavy (non-hydrogen) atoms. The summed E-state index contributed by atoms with van der Waals surface area (Å²) in [7, 11) is 0. The molecule has 0 fully saturated rings. The highest BCUT2D eigenvalue weighted by Gasteiger charge is 2.42. The van der Waals surface area contributed by atoms with Crippen LogP contribution in [0.15, 0.2) is 0 Å². The molecule has 0 heterocycles. The minimum Gasteiger partial charge on any atom is -0.479 e. The minimum atomic E-state index is -1.58. The van der Waals surface area contributed by atoms with Crippen LogP contribution in [0.25, 0.3) is 0 Å². The van der Waals surface area contributed by atoms with Gasteiger partial charge in [0.2, 0.25) is 11.8 Å². The monoisotopic (exact) mass is 219 g/mol. The second-order valence-corrected chi connectivity index (χ2v) is 3.43. The molecule has 0 aliphatic heterocycles. The predicted molar refractivity (Wildman–Crippen MR) is 53.1 cm³/mol. The van der Waals surface area contributed by atoms with Crippen molar-refractivity contribution < 1.29 is 19.5 Å². The van der Waals surface area contributed by atoms with Crippen molar-refractivity contribution in [3.05, 3.63) is 0 Å². The first-order valence-electron chi connectivity index (χ1n) is 3.93. The summed E-state index contributed by atoms with van der Waals surface area (Å²) in [6.07, 6.45) is 0. The molecular weight excluding hydrogens is 206 g/mol. The van der Waals surface area contributed by atoms with Crippen LogP contribution in [0.1, 0.15) is 20.8 Å². The number of aliphatic carboxylic acids is 1. The summed E-state index contributed by atoms with van der Waals surface area (Å²) in [5, 5.41) is 8.91. The van der Waals surface area contributed by atoms with E-state index in [1.54, 1.807) is 0 Å². The van der Waals surface area contributed by atoms with Crippen molar-refractivity contribution >= 4 is 30.4 Å². The SMILES string of the molecule is CC(=O)N(C(C)=O)[C@@](C)(CS)C(=O)O. The molecule has 1 N–H and O–H groups in total. The van der Waals surface area contributed by atoms with Gasteiger partial charge in [0.1, 0.15) is 0 Å². The second-order valence-electron chi connectivity index (χ2n) is 3.11. The molecular formula is C8H13NO4S. The molecule has 0 radical (unpaired) electrons. The summed E-state index contributed by atoms with van der Waals surface area (Å²) in [5.41, 5.74) is -1.58. The molecule has 0 aromatic rings. The Bertz CT molecular complexity index is 265. The van der Waals surface area contributed by atoms with E-state index in [9.17, 15) is 14.4 Å². The first-order chi connectivity index (χ1) is 6.27. The molecule has 0 unspecified atom stereocenters. The maximum atomic E-state index is 11.1. The molecule has 5 nitrogen and oxygen atoms in total. The van der Waals surface area contributed by atoms with E-state index in [4.69, 9.17) is 5.11 Å². The van der Waals surface area contributed by atoms with E-state index in [2.05, 4.69) is 12.6 Å². The zero-order valence-corrected chi connectivity index (χ0v) is 9.17. The zero-order valence-electron chi connectivity index (χ0n) is 8.27. The number of rotatable bonds is 3. The van der Waals surface area contributed by atoms with E-state index in [1.165, 1.54) is 6.92 Å². The van der Waals surface area contributed by atoms with Crippen LogP contribution in [0.4, 0.5) is 0 Å². The van der Waals surface area contributed by atoms with Crippen LogP contribution in [0.5, 0.6) is 0 Å². The highest BCUT2D eigenvalue weighted by molar-refractivity contribution is 7.80. The zero-order chi connectivity index (χ0) is 11.5. The Morgan fingerprint density at radius 3 is 1.71 bits per heavy atom. The van der Waals surface area contributed by atoms with Gasteiger partial charge in [-0.2, -0.15) is 12.6 Å². The molecule has 0 spiro atoms. The van der Waals surface area contributed by atoms with Crippen molar-refractivity contribution in [2.45, 2.75) is 26.3 Å². The third-order valence-electron chi connectivity index (χ3n) is 1.89. The summed E-state index contributed by atoms with van der Waals surface area (Å²) < 4.78 is 0. The Hall–Kier alpha value is -1.04. The number of hydrogen-bond donors (Lipinski definition) is 2. The topological polar surface area (TPSA) is 74.7 Å². The Kier molecular flexibility index (Phi) is 4.12. The molecule has 1 atom stereocenters.